The third-order valence-corrected chi connectivity index (χ3v) is 3.54. The summed E-state index contributed by atoms with van der Waals surface area (Å²) in [5.74, 6) is 0.333. The van der Waals surface area contributed by atoms with Crippen molar-refractivity contribution < 1.29 is 9.84 Å². The van der Waals surface area contributed by atoms with E-state index >= 15 is 0 Å². The topological polar surface area (TPSA) is 58.8 Å². The first-order chi connectivity index (χ1) is 9.65. The van der Waals surface area contributed by atoms with E-state index in [0.29, 0.717) is 17.9 Å². The van der Waals surface area contributed by atoms with E-state index in [-0.39, 0.29) is 0 Å². The predicted molar refractivity (Wildman–Crippen MR) is 84.0 cm³/mol. The number of phenolic OH excluding ortho intramolecular Hbond substituents is 1. The van der Waals surface area contributed by atoms with Gasteiger partial charge in [-0.15, -0.1) is 0 Å². The molecule has 0 aliphatic carbocycles. The molecule has 2 rings (SSSR count). The Bertz CT molecular complexity index is 367. The Morgan fingerprint density at radius 3 is 2.35 bits per heavy atom. The number of aryl methyl sites for hydroxylation is 1. The van der Waals surface area contributed by atoms with Crippen molar-refractivity contribution in [2.75, 3.05) is 13.2 Å². The van der Waals surface area contributed by atoms with E-state index in [4.69, 9.17) is 15.6 Å². The zero-order chi connectivity index (χ0) is 14.8. The van der Waals surface area contributed by atoms with Crippen LogP contribution in [0.3, 0.4) is 0 Å². The number of epoxide rings is 1. The zero-order valence-corrected chi connectivity index (χ0v) is 12.9. The predicted octanol–water partition coefficient (Wildman–Crippen LogP) is 3.64. The van der Waals surface area contributed by atoms with Crippen molar-refractivity contribution in [2.45, 2.75) is 58.0 Å². The molecule has 20 heavy (non-hydrogen) atoms. The van der Waals surface area contributed by atoms with Crippen LogP contribution in [0.25, 0.3) is 0 Å². The van der Waals surface area contributed by atoms with Crippen LogP contribution in [0.15, 0.2) is 24.3 Å². The lowest BCUT2D eigenvalue weighted by Gasteiger charge is -2.06. The van der Waals surface area contributed by atoms with E-state index in [9.17, 15) is 0 Å². The molecule has 3 N–H and O–H groups in total. The Morgan fingerprint density at radius 1 is 1.25 bits per heavy atom. The fourth-order valence-corrected chi connectivity index (χ4v) is 2.45. The van der Waals surface area contributed by atoms with Crippen LogP contribution in [-0.2, 0) is 11.2 Å². The maximum atomic E-state index is 9.08. The average molecular weight is 279 g/mol. The fourth-order valence-electron chi connectivity index (χ4n) is 2.45. The van der Waals surface area contributed by atoms with Gasteiger partial charge in [0.05, 0.1) is 12.2 Å². The molecule has 0 unspecified atom stereocenters. The Balaban J connectivity index is 0.000000204. The molecule has 1 aromatic rings. The molecule has 1 fully saturated rings. The van der Waals surface area contributed by atoms with Gasteiger partial charge in [-0.1, -0.05) is 38.8 Å². The molecule has 0 atom stereocenters. The Morgan fingerprint density at radius 2 is 1.90 bits per heavy atom. The molecule has 0 saturated carbocycles. The highest BCUT2D eigenvalue weighted by Crippen LogP contribution is 2.36. The van der Waals surface area contributed by atoms with Crippen LogP contribution in [0.2, 0.25) is 0 Å². The Hall–Kier alpha value is -1.06. The van der Waals surface area contributed by atoms with Crippen LogP contribution in [0.1, 0.15) is 51.5 Å². The Labute approximate surface area is 123 Å². The summed E-state index contributed by atoms with van der Waals surface area (Å²) in [7, 11) is 0. The van der Waals surface area contributed by atoms with E-state index in [1.165, 1.54) is 25.7 Å². The van der Waals surface area contributed by atoms with Crippen molar-refractivity contribution >= 4 is 0 Å². The normalized spacial score (nSPS) is 15.3. The summed E-state index contributed by atoms with van der Waals surface area (Å²) in [4.78, 5) is 0. The molecular weight excluding hydrogens is 250 g/mol. The van der Waals surface area contributed by atoms with Gasteiger partial charge in [0.15, 0.2) is 0 Å². The van der Waals surface area contributed by atoms with Gasteiger partial charge >= 0.3 is 0 Å². The molecule has 3 heteroatoms. The molecule has 114 valence electrons. The molecule has 1 aromatic carbocycles. The average Bonchev–Trinajstić information content (AvgIpc) is 3.18. The maximum absolute atomic E-state index is 9.08. The molecular formula is C17H29NO2. The summed E-state index contributed by atoms with van der Waals surface area (Å²) in [5, 5.41) is 9.08. The van der Waals surface area contributed by atoms with Crippen LogP contribution in [-0.4, -0.2) is 23.9 Å². The van der Waals surface area contributed by atoms with Gasteiger partial charge in [0.25, 0.3) is 0 Å². The minimum absolute atomic E-state index is 0.333. The third-order valence-electron chi connectivity index (χ3n) is 3.54. The summed E-state index contributed by atoms with van der Waals surface area (Å²) in [6.45, 7) is 6.17. The van der Waals surface area contributed by atoms with Gasteiger partial charge in [-0.05, 0) is 49.9 Å². The van der Waals surface area contributed by atoms with Gasteiger partial charge in [0, 0.05) is 0 Å². The van der Waals surface area contributed by atoms with Crippen LogP contribution in [0.4, 0.5) is 0 Å². The third kappa shape index (κ3) is 6.40. The number of hydrogen-bond donors (Lipinski definition) is 2. The smallest absolute Gasteiger partial charge is 0.115 e. The van der Waals surface area contributed by atoms with Gasteiger partial charge < -0.3 is 15.6 Å². The molecule has 3 nitrogen and oxygen atoms in total. The SMILES string of the molecule is CCCC1(CCC)CO1.NCCCc1cccc(O)c1. The molecule has 0 bridgehead atoms. The van der Waals surface area contributed by atoms with Crippen LogP contribution in [0, 0.1) is 0 Å². The lowest BCUT2D eigenvalue weighted by Crippen LogP contribution is -2.08. The second-order valence-electron chi connectivity index (χ2n) is 5.53. The summed E-state index contributed by atoms with van der Waals surface area (Å²) >= 11 is 0. The van der Waals surface area contributed by atoms with Crippen LogP contribution in [0.5, 0.6) is 5.75 Å². The van der Waals surface area contributed by atoms with Gasteiger partial charge in [-0.3, -0.25) is 0 Å². The highest BCUT2D eigenvalue weighted by Gasteiger charge is 2.42. The lowest BCUT2D eigenvalue weighted by molar-refractivity contribution is 0.270. The van der Waals surface area contributed by atoms with E-state index in [2.05, 4.69) is 13.8 Å². The van der Waals surface area contributed by atoms with Gasteiger partial charge in [-0.25, -0.2) is 0 Å². The highest BCUT2D eigenvalue weighted by molar-refractivity contribution is 5.27. The van der Waals surface area contributed by atoms with Gasteiger partial charge in [0.2, 0.25) is 0 Å². The largest absolute Gasteiger partial charge is 0.508 e. The van der Waals surface area contributed by atoms with Crippen molar-refractivity contribution in [1.29, 1.82) is 0 Å². The summed E-state index contributed by atoms with van der Waals surface area (Å²) in [5.41, 5.74) is 6.85. The van der Waals surface area contributed by atoms with E-state index in [1.807, 2.05) is 12.1 Å². The standard InChI is InChI=1S/C9H13NO.C8H16O/c10-6-2-4-8-3-1-5-9(11)7-8;1-3-5-8(6-4-2)7-9-8/h1,3,5,7,11H,2,4,6,10H2;3-7H2,1-2H3. The number of aromatic hydroxyl groups is 1. The minimum Gasteiger partial charge on any atom is -0.508 e. The summed E-state index contributed by atoms with van der Waals surface area (Å²) in [6.07, 6.45) is 6.98. The second-order valence-corrected chi connectivity index (χ2v) is 5.53. The van der Waals surface area contributed by atoms with Crippen molar-refractivity contribution in [2.24, 2.45) is 5.73 Å². The van der Waals surface area contributed by atoms with E-state index < -0.39 is 0 Å². The molecule has 1 heterocycles. The Kier molecular flexibility index (Phi) is 7.63. The van der Waals surface area contributed by atoms with Gasteiger partial charge in [0.1, 0.15) is 5.75 Å². The van der Waals surface area contributed by atoms with Gasteiger partial charge in [-0.2, -0.15) is 0 Å². The quantitative estimate of drug-likeness (QED) is 0.749. The molecule has 0 aromatic heterocycles. The molecule has 0 amide bonds. The molecule has 0 radical (unpaired) electrons. The monoisotopic (exact) mass is 279 g/mol. The summed E-state index contributed by atoms with van der Waals surface area (Å²) in [6, 6.07) is 7.29. The lowest BCUT2D eigenvalue weighted by atomic mass is 10.00. The van der Waals surface area contributed by atoms with Crippen molar-refractivity contribution in [3.05, 3.63) is 29.8 Å². The zero-order valence-electron chi connectivity index (χ0n) is 12.9. The number of rotatable bonds is 7. The number of nitrogens with two attached hydrogens (primary N) is 1. The summed E-state index contributed by atoms with van der Waals surface area (Å²) < 4.78 is 5.38. The van der Waals surface area contributed by atoms with Crippen molar-refractivity contribution in [3.8, 4) is 5.75 Å². The minimum atomic E-state index is 0.333. The fraction of sp³-hybridized carbons (Fsp3) is 0.647. The molecule has 0 spiro atoms. The number of phenols is 1. The molecule has 1 aliphatic rings. The first-order valence-corrected chi connectivity index (χ1v) is 7.77. The first-order valence-electron chi connectivity index (χ1n) is 7.77. The first kappa shape index (κ1) is 17.0. The van der Waals surface area contributed by atoms with Crippen molar-refractivity contribution in [3.63, 3.8) is 0 Å². The molecule has 1 aliphatic heterocycles. The van der Waals surface area contributed by atoms with Crippen LogP contribution < -0.4 is 5.73 Å². The number of hydrogen-bond acceptors (Lipinski definition) is 3. The highest BCUT2D eigenvalue weighted by atomic mass is 16.6. The number of ether oxygens (including phenoxy) is 1. The van der Waals surface area contributed by atoms with Crippen molar-refractivity contribution in [1.82, 2.24) is 0 Å². The van der Waals surface area contributed by atoms with Crippen LogP contribution >= 0.6 is 0 Å². The maximum Gasteiger partial charge on any atom is 0.115 e. The molecule has 1 saturated heterocycles. The van der Waals surface area contributed by atoms with E-state index in [1.54, 1.807) is 12.1 Å². The second kappa shape index (κ2) is 8.98. The number of benzene rings is 1. The van der Waals surface area contributed by atoms with E-state index in [0.717, 1.165) is 25.0 Å².